The number of pyridine rings is 1. The Balaban J connectivity index is 1.21. The fraction of sp³-hybridized carbons (Fsp3) is 0.429. The Hall–Kier alpha value is -2.95. The van der Waals surface area contributed by atoms with Crippen LogP contribution in [0.4, 0.5) is 10.1 Å². The van der Waals surface area contributed by atoms with Gasteiger partial charge in [-0.05, 0) is 79.5 Å². The summed E-state index contributed by atoms with van der Waals surface area (Å²) in [6.07, 6.45) is 6.21. The standard InChI is InChI=1S/C28H27FN2O2/c29-27-13-20-11-19-12-26(15-27,16-28(19,20)17-27)25(33)30-23-8-4-7-22-21(23)9-10-31(24(22)32)14-18-5-2-1-3-6-18/h1-10,19-20H,11-17H2,(H,30,33). The van der Waals surface area contributed by atoms with Gasteiger partial charge in [-0.25, -0.2) is 4.39 Å². The number of alkyl halides is 1. The van der Waals surface area contributed by atoms with Gasteiger partial charge in [0.05, 0.1) is 12.0 Å². The Bertz CT molecular complexity index is 1360. The minimum Gasteiger partial charge on any atom is -0.325 e. The second kappa shape index (κ2) is 6.34. The number of amides is 1. The van der Waals surface area contributed by atoms with Gasteiger partial charge in [-0.1, -0.05) is 36.4 Å². The first-order chi connectivity index (χ1) is 15.9. The maximum Gasteiger partial charge on any atom is 0.258 e. The number of fused-ring (bicyclic) bond motifs is 3. The van der Waals surface area contributed by atoms with Crippen LogP contribution in [0, 0.1) is 22.7 Å². The first kappa shape index (κ1) is 19.5. The normalized spacial score (nSPS) is 35.4. The fourth-order valence-corrected chi connectivity index (χ4v) is 8.19. The average Bonchev–Trinajstić information content (AvgIpc) is 3.10. The van der Waals surface area contributed by atoms with E-state index in [9.17, 15) is 9.59 Å². The number of hydrogen-bond donors (Lipinski definition) is 1. The largest absolute Gasteiger partial charge is 0.325 e. The van der Waals surface area contributed by atoms with Crippen LogP contribution in [-0.2, 0) is 11.3 Å². The van der Waals surface area contributed by atoms with Gasteiger partial charge in [0.15, 0.2) is 0 Å². The Kier molecular flexibility index (Phi) is 3.75. The quantitative estimate of drug-likeness (QED) is 0.596. The molecule has 1 spiro atoms. The van der Waals surface area contributed by atoms with Crippen molar-refractivity contribution in [2.24, 2.45) is 22.7 Å². The van der Waals surface area contributed by atoms with Crippen molar-refractivity contribution in [2.75, 3.05) is 5.32 Å². The lowest BCUT2D eigenvalue weighted by Crippen LogP contribution is -2.45. The van der Waals surface area contributed by atoms with E-state index in [1.807, 2.05) is 54.6 Å². The van der Waals surface area contributed by atoms with Crippen LogP contribution in [0.3, 0.4) is 0 Å². The fourth-order valence-electron chi connectivity index (χ4n) is 8.19. The van der Waals surface area contributed by atoms with E-state index in [0.717, 1.165) is 30.2 Å². The number of aromatic nitrogens is 1. The molecular weight excluding hydrogens is 415 g/mol. The van der Waals surface area contributed by atoms with Crippen LogP contribution < -0.4 is 10.9 Å². The van der Waals surface area contributed by atoms with Gasteiger partial charge < -0.3 is 9.88 Å². The van der Waals surface area contributed by atoms with E-state index in [-0.39, 0.29) is 16.9 Å². The van der Waals surface area contributed by atoms with Gasteiger partial charge in [0.2, 0.25) is 5.91 Å². The second-order valence-electron chi connectivity index (χ2n) is 11.2. The third kappa shape index (κ3) is 2.62. The molecule has 33 heavy (non-hydrogen) atoms. The van der Waals surface area contributed by atoms with Crippen molar-refractivity contribution in [3.63, 3.8) is 0 Å². The molecule has 1 heterocycles. The minimum absolute atomic E-state index is 0.0559. The predicted molar refractivity (Wildman–Crippen MR) is 126 cm³/mol. The smallest absolute Gasteiger partial charge is 0.258 e. The third-order valence-corrected chi connectivity index (χ3v) is 9.36. The molecule has 1 aromatic heterocycles. The minimum atomic E-state index is -1.17. The lowest BCUT2D eigenvalue weighted by Gasteiger charge is -2.49. The van der Waals surface area contributed by atoms with E-state index < -0.39 is 11.1 Å². The van der Waals surface area contributed by atoms with Crippen LogP contribution in [0.2, 0.25) is 0 Å². The molecule has 1 amide bonds. The number of rotatable bonds is 4. The summed E-state index contributed by atoms with van der Waals surface area (Å²) >= 11 is 0. The van der Waals surface area contributed by atoms with E-state index in [4.69, 9.17) is 0 Å². The zero-order valence-corrected chi connectivity index (χ0v) is 18.5. The highest BCUT2D eigenvalue weighted by Crippen LogP contribution is 2.80. The molecule has 5 heteroatoms. The molecule has 3 aromatic rings. The summed E-state index contributed by atoms with van der Waals surface area (Å²) < 4.78 is 17.3. The summed E-state index contributed by atoms with van der Waals surface area (Å²) in [6.45, 7) is 0.499. The van der Waals surface area contributed by atoms with Gasteiger partial charge in [-0.3, -0.25) is 9.59 Å². The molecule has 3 bridgehead atoms. The molecule has 4 aliphatic rings. The zero-order chi connectivity index (χ0) is 22.4. The molecule has 0 radical (unpaired) electrons. The molecule has 7 rings (SSSR count). The highest BCUT2D eigenvalue weighted by molar-refractivity contribution is 6.04. The maximum atomic E-state index is 15.6. The molecule has 4 fully saturated rings. The molecule has 4 aliphatic carbocycles. The molecule has 4 saturated carbocycles. The van der Waals surface area contributed by atoms with Gasteiger partial charge in [-0.2, -0.15) is 0 Å². The Labute approximate surface area is 191 Å². The number of benzene rings is 2. The van der Waals surface area contributed by atoms with Crippen LogP contribution in [0.5, 0.6) is 0 Å². The zero-order valence-electron chi connectivity index (χ0n) is 18.5. The number of carbonyl (C=O) groups excluding carboxylic acids is 1. The summed E-state index contributed by atoms with van der Waals surface area (Å²) in [7, 11) is 0. The van der Waals surface area contributed by atoms with E-state index in [2.05, 4.69) is 5.32 Å². The van der Waals surface area contributed by atoms with Crippen molar-refractivity contribution in [1.29, 1.82) is 0 Å². The number of halogens is 1. The van der Waals surface area contributed by atoms with Gasteiger partial charge in [0.25, 0.3) is 5.56 Å². The highest BCUT2D eigenvalue weighted by atomic mass is 19.1. The molecule has 5 unspecified atom stereocenters. The molecule has 2 aromatic carbocycles. The van der Waals surface area contributed by atoms with Crippen LogP contribution >= 0.6 is 0 Å². The number of nitrogens with zero attached hydrogens (tertiary/aromatic N) is 1. The van der Waals surface area contributed by atoms with Gasteiger partial charge >= 0.3 is 0 Å². The van der Waals surface area contributed by atoms with E-state index >= 15 is 4.39 Å². The van der Waals surface area contributed by atoms with E-state index in [1.54, 1.807) is 10.8 Å². The van der Waals surface area contributed by atoms with Gasteiger partial charge in [-0.15, -0.1) is 0 Å². The van der Waals surface area contributed by atoms with Crippen molar-refractivity contribution in [1.82, 2.24) is 4.57 Å². The lowest BCUT2D eigenvalue weighted by molar-refractivity contribution is -0.130. The van der Waals surface area contributed by atoms with Crippen LogP contribution in [-0.4, -0.2) is 16.1 Å². The monoisotopic (exact) mass is 442 g/mol. The lowest BCUT2D eigenvalue weighted by atomic mass is 9.55. The first-order valence-corrected chi connectivity index (χ1v) is 12.1. The number of carbonyl (C=O) groups is 1. The first-order valence-electron chi connectivity index (χ1n) is 12.1. The van der Waals surface area contributed by atoms with Crippen LogP contribution in [0.15, 0.2) is 65.6 Å². The third-order valence-electron chi connectivity index (χ3n) is 9.36. The summed E-state index contributed by atoms with van der Waals surface area (Å²) in [6, 6.07) is 17.3. The number of anilines is 1. The number of nitrogens with one attached hydrogen (secondary N) is 1. The summed E-state index contributed by atoms with van der Waals surface area (Å²) in [4.78, 5) is 26.8. The van der Waals surface area contributed by atoms with Gasteiger partial charge in [0, 0.05) is 22.7 Å². The van der Waals surface area contributed by atoms with Crippen molar-refractivity contribution in [2.45, 2.75) is 50.7 Å². The molecular formula is C28H27FN2O2. The Morgan fingerprint density at radius 1 is 0.970 bits per heavy atom. The molecule has 1 N–H and O–H groups in total. The molecule has 168 valence electrons. The predicted octanol–water partition coefficient (Wildman–Crippen LogP) is 5.30. The van der Waals surface area contributed by atoms with Crippen LogP contribution in [0.25, 0.3) is 10.8 Å². The van der Waals surface area contributed by atoms with Crippen molar-refractivity contribution < 1.29 is 9.18 Å². The Morgan fingerprint density at radius 3 is 2.64 bits per heavy atom. The average molecular weight is 443 g/mol. The van der Waals surface area contributed by atoms with Crippen molar-refractivity contribution in [3.05, 3.63) is 76.7 Å². The molecule has 0 saturated heterocycles. The second-order valence-corrected chi connectivity index (χ2v) is 11.2. The van der Waals surface area contributed by atoms with E-state index in [1.165, 1.54) is 0 Å². The van der Waals surface area contributed by atoms with Crippen molar-refractivity contribution in [3.8, 4) is 0 Å². The molecule has 0 aliphatic heterocycles. The maximum absolute atomic E-state index is 15.6. The van der Waals surface area contributed by atoms with E-state index in [0.29, 0.717) is 48.7 Å². The SMILES string of the molecule is O=C(Nc1cccc2c(=O)n(Cc3ccccc3)ccc12)C12CC3CC4CC(F)(C1)CC43C2. The van der Waals surface area contributed by atoms with Crippen LogP contribution in [0.1, 0.15) is 44.1 Å². The summed E-state index contributed by atoms with van der Waals surface area (Å²) in [5.41, 5.74) is -0.0698. The summed E-state index contributed by atoms with van der Waals surface area (Å²) in [5, 5.41) is 4.46. The molecule has 5 atom stereocenters. The molecule has 4 nitrogen and oxygen atoms in total. The van der Waals surface area contributed by atoms with Gasteiger partial charge in [0.1, 0.15) is 5.67 Å². The highest BCUT2D eigenvalue weighted by Gasteiger charge is 2.76. The van der Waals surface area contributed by atoms with Crippen molar-refractivity contribution >= 4 is 22.4 Å². The topological polar surface area (TPSA) is 51.1 Å². The summed E-state index contributed by atoms with van der Waals surface area (Å²) in [5.74, 6) is 0.927. The number of hydrogen-bond acceptors (Lipinski definition) is 2. The Morgan fingerprint density at radius 2 is 1.79 bits per heavy atom.